The Morgan fingerprint density at radius 3 is 2.63 bits per heavy atom. The lowest BCUT2D eigenvalue weighted by molar-refractivity contribution is -0.119. The molecule has 1 N–H and O–H groups in total. The molecule has 152 valence electrons. The number of thioether (sulfide) groups is 1. The second kappa shape index (κ2) is 9.60. The average molecular weight is 437 g/mol. The van der Waals surface area contributed by atoms with E-state index >= 15 is 0 Å². The van der Waals surface area contributed by atoms with Gasteiger partial charge in [0.05, 0.1) is 18.9 Å². The van der Waals surface area contributed by atoms with Gasteiger partial charge in [0.2, 0.25) is 5.91 Å². The number of benzene rings is 2. The van der Waals surface area contributed by atoms with Crippen LogP contribution in [0.5, 0.6) is 5.75 Å². The van der Waals surface area contributed by atoms with Crippen LogP contribution in [0.25, 0.3) is 5.69 Å². The Balaban J connectivity index is 1.44. The van der Waals surface area contributed by atoms with Crippen molar-refractivity contribution in [3.05, 3.63) is 88.9 Å². The van der Waals surface area contributed by atoms with E-state index in [0.29, 0.717) is 5.16 Å². The zero-order valence-electron chi connectivity index (χ0n) is 16.3. The van der Waals surface area contributed by atoms with Gasteiger partial charge in [-0.15, -0.1) is 21.5 Å². The molecule has 2 heterocycles. The van der Waals surface area contributed by atoms with Crippen molar-refractivity contribution in [3.8, 4) is 11.4 Å². The number of methoxy groups -OCH3 is 1. The molecule has 0 saturated carbocycles. The van der Waals surface area contributed by atoms with Gasteiger partial charge in [0, 0.05) is 10.6 Å². The zero-order chi connectivity index (χ0) is 20.8. The Hall–Kier alpha value is -3.10. The molecule has 0 fully saturated rings. The summed E-state index contributed by atoms with van der Waals surface area (Å²) in [5.41, 5.74) is 1.96. The number of nitrogens with zero attached hydrogens (tertiary/aromatic N) is 3. The second-order valence-corrected chi connectivity index (χ2v) is 8.32. The smallest absolute Gasteiger partial charge is 0.231 e. The van der Waals surface area contributed by atoms with Gasteiger partial charge in [-0.2, -0.15) is 0 Å². The Morgan fingerprint density at radius 1 is 1.13 bits per heavy atom. The van der Waals surface area contributed by atoms with E-state index in [2.05, 4.69) is 15.5 Å². The summed E-state index contributed by atoms with van der Waals surface area (Å²) in [7, 11) is 1.63. The molecule has 2 aromatic carbocycles. The van der Waals surface area contributed by atoms with Gasteiger partial charge in [-0.05, 0) is 41.3 Å². The van der Waals surface area contributed by atoms with Crippen molar-refractivity contribution < 1.29 is 9.53 Å². The minimum atomic E-state index is -0.168. The Labute approximate surface area is 182 Å². The SMILES string of the molecule is COc1ccc(-n2cnnc2SCC(=O)N[C@H](c2ccccc2)c2cccs2)cc1. The summed E-state index contributed by atoms with van der Waals surface area (Å²) in [6, 6.07) is 21.5. The first-order chi connectivity index (χ1) is 14.7. The molecular weight excluding hydrogens is 416 g/mol. The van der Waals surface area contributed by atoms with E-state index in [1.807, 2.05) is 76.7 Å². The van der Waals surface area contributed by atoms with Crippen LogP contribution in [0.3, 0.4) is 0 Å². The highest BCUT2D eigenvalue weighted by Crippen LogP contribution is 2.27. The van der Waals surface area contributed by atoms with Crippen LogP contribution in [-0.2, 0) is 4.79 Å². The van der Waals surface area contributed by atoms with Crippen molar-refractivity contribution in [2.24, 2.45) is 0 Å². The van der Waals surface area contributed by atoms with Gasteiger partial charge in [0.15, 0.2) is 5.16 Å². The minimum absolute atomic E-state index is 0.0634. The molecule has 4 rings (SSSR count). The molecule has 30 heavy (non-hydrogen) atoms. The number of carbonyl (C=O) groups is 1. The summed E-state index contributed by atoms with van der Waals surface area (Å²) in [5, 5.41) is 14.0. The largest absolute Gasteiger partial charge is 0.497 e. The number of carbonyl (C=O) groups excluding carboxylic acids is 1. The summed E-state index contributed by atoms with van der Waals surface area (Å²) in [6.07, 6.45) is 1.64. The number of hydrogen-bond acceptors (Lipinski definition) is 6. The fourth-order valence-corrected chi connectivity index (χ4v) is 4.54. The van der Waals surface area contributed by atoms with Gasteiger partial charge in [0.1, 0.15) is 12.1 Å². The Morgan fingerprint density at radius 2 is 1.93 bits per heavy atom. The first kappa shape index (κ1) is 20.2. The Bertz CT molecular complexity index is 1080. The van der Waals surface area contributed by atoms with Crippen LogP contribution < -0.4 is 10.1 Å². The van der Waals surface area contributed by atoms with Gasteiger partial charge in [-0.3, -0.25) is 9.36 Å². The normalized spacial score (nSPS) is 11.8. The van der Waals surface area contributed by atoms with Gasteiger partial charge in [-0.25, -0.2) is 0 Å². The molecule has 0 bridgehead atoms. The number of amides is 1. The van der Waals surface area contributed by atoms with E-state index in [1.54, 1.807) is 24.8 Å². The molecule has 0 aliphatic carbocycles. The van der Waals surface area contributed by atoms with E-state index in [4.69, 9.17) is 4.74 Å². The highest BCUT2D eigenvalue weighted by atomic mass is 32.2. The summed E-state index contributed by atoms with van der Waals surface area (Å²) in [5.74, 6) is 0.955. The van der Waals surface area contributed by atoms with Crippen molar-refractivity contribution in [2.75, 3.05) is 12.9 Å². The number of hydrogen-bond donors (Lipinski definition) is 1. The van der Waals surface area contributed by atoms with Crippen LogP contribution in [0.4, 0.5) is 0 Å². The fourth-order valence-electron chi connectivity index (χ4n) is 3.00. The molecule has 0 unspecified atom stereocenters. The van der Waals surface area contributed by atoms with Gasteiger partial charge < -0.3 is 10.1 Å². The maximum Gasteiger partial charge on any atom is 0.231 e. The van der Waals surface area contributed by atoms with E-state index in [9.17, 15) is 4.79 Å². The van der Waals surface area contributed by atoms with Crippen molar-refractivity contribution in [1.82, 2.24) is 20.1 Å². The first-order valence-electron chi connectivity index (χ1n) is 9.29. The predicted octanol–water partition coefficient (Wildman–Crippen LogP) is 4.34. The molecule has 2 aromatic heterocycles. The molecule has 1 atom stereocenters. The fraction of sp³-hybridized carbons (Fsp3) is 0.136. The van der Waals surface area contributed by atoms with Crippen LogP contribution >= 0.6 is 23.1 Å². The predicted molar refractivity (Wildman–Crippen MR) is 119 cm³/mol. The number of nitrogens with one attached hydrogen (secondary N) is 1. The third kappa shape index (κ3) is 4.72. The topological polar surface area (TPSA) is 69.0 Å². The Kier molecular flexibility index (Phi) is 6.46. The van der Waals surface area contributed by atoms with Crippen LogP contribution in [0.1, 0.15) is 16.5 Å². The number of ether oxygens (including phenoxy) is 1. The lowest BCUT2D eigenvalue weighted by atomic mass is 10.1. The molecule has 0 radical (unpaired) electrons. The maximum absolute atomic E-state index is 12.7. The molecule has 0 aliphatic heterocycles. The second-order valence-electron chi connectivity index (χ2n) is 6.40. The quantitative estimate of drug-likeness (QED) is 0.416. The van der Waals surface area contributed by atoms with Crippen LogP contribution in [0, 0.1) is 0 Å². The number of rotatable bonds is 8. The molecule has 0 spiro atoms. The molecule has 0 saturated heterocycles. The minimum Gasteiger partial charge on any atom is -0.497 e. The molecular formula is C22H20N4O2S2. The van der Waals surface area contributed by atoms with Crippen molar-refractivity contribution in [2.45, 2.75) is 11.2 Å². The van der Waals surface area contributed by atoms with E-state index in [-0.39, 0.29) is 17.7 Å². The number of aromatic nitrogens is 3. The highest BCUT2D eigenvalue weighted by molar-refractivity contribution is 7.99. The summed E-state index contributed by atoms with van der Waals surface area (Å²) in [6.45, 7) is 0. The molecule has 6 nitrogen and oxygen atoms in total. The molecule has 4 aromatic rings. The maximum atomic E-state index is 12.7. The lowest BCUT2D eigenvalue weighted by Gasteiger charge is -2.18. The standard InChI is InChI=1S/C22H20N4O2S2/c1-28-18-11-9-17(10-12-18)26-15-23-25-22(26)30-14-20(27)24-21(19-8-5-13-29-19)16-6-3-2-4-7-16/h2-13,15,21H,14H2,1H3,(H,24,27)/t21-/m1/s1. The van der Waals surface area contributed by atoms with Crippen molar-refractivity contribution in [3.63, 3.8) is 0 Å². The summed E-state index contributed by atoms with van der Waals surface area (Å²) in [4.78, 5) is 13.8. The summed E-state index contributed by atoms with van der Waals surface area (Å²) < 4.78 is 7.05. The van der Waals surface area contributed by atoms with Crippen LogP contribution in [0.15, 0.2) is 83.6 Å². The molecule has 0 aliphatic rings. The van der Waals surface area contributed by atoms with E-state index in [1.165, 1.54) is 11.8 Å². The van der Waals surface area contributed by atoms with Gasteiger partial charge in [0.25, 0.3) is 0 Å². The van der Waals surface area contributed by atoms with E-state index in [0.717, 1.165) is 21.9 Å². The third-order valence-corrected chi connectivity index (χ3v) is 6.35. The van der Waals surface area contributed by atoms with Gasteiger partial charge >= 0.3 is 0 Å². The van der Waals surface area contributed by atoms with Crippen molar-refractivity contribution in [1.29, 1.82) is 0 Å². The lowest BCUT2D eigenvalue weighted by Crippen LogP contribution is -2.30. The monoisotopic (exact) mass is 436 g/mol. The zero-order valence-corrected chi connectivity index (χ0v) is 17.9. The molecule has 8 heteroatoms. The van der Waals surface area contributed by atoms with Crippen LogP contribution in [0.2, 0.25) is 0 Å². The third-order valence-electron chi connectivity index (χ3n) is 4.47. The van der Waals surface area contributed by atoms with Gasteiger partial charge in [-0.1, -0.05) is 48.2 Å². The van der Waals surface area contributed by atoms with E-state index < -0.39 is 0 Å². The van der Waals surface area contributed by atoms with Crippen LogP contribution in [-0.4, -0.2) is 33.5 Å². The molecule has 1 amide bonds. The number of thiophene rings is 1. The average Bonchev–Trinajstić information content (AvgIpc) is 3.49. The summed E-state index contributed by atoms with van der Waals surface area (Å²) >= 11 is 2.98. The first-order valence-corrected chi connectivity index (χ1v) is 11.2. The highest BCUT2D eigenvalue weighted by Gasteiger charge is 2.18. The van der Waals surface area contributed by atoms with Crippen molar-refractivity contribution >= 4 is 29.0 Å².